The number of amides is 1. The van der Waals surface area contributed by atoms with Crippen molar-refractivity contribution in [3.8, 4) is 0 Å². The minimum atomic E-state index is -0.442. The third-order valence-electron chi connectivity index (χ3n) is 8.36. The fraction of sp³-hybridized carbons (Fsp3) is 0.625. The molecule has 1 amide bonds. The first kappa shape index (κ1) is 29.2. The van der Waals surface area contributed by atoms with E-state index in [0.717, 1.165) is 63.2 Å². The number of ether oxygens (including phenoxy) is 1. The van der Waals surface area contributed by atoms with Gasteiger partial charge < -0.3 is 19.6 Å². The zero-order valence-electron chi connectivity index (χ0n) is 24.9. The van der Waals surface area contributed by atoms with Crippen LogP contribution in [0.2, 0.25) is 0 Å². The number of carbonyl (C=O) groups is 1. The summed E-state index contributed by atoms with van der Waals surface area (Å²) in [6, 6.07) is 6.53. The molecule has 2 aliphatic heterocycles. The lowest BCUT2D eigenvalue weighted by Gasteiger charge is -2.47. The second-order valence-corrected chi connectivity index (χ2v) is 13.0. The van der Waals surface area contributed by atoms with Crippen molar-refractivity contribution < 1.29 is 9.53 Å². The highest BCUT2D eigenvalue weighted by Gasteiger charge is 2.39. The quantitative estimate of drug-likeness (QED) is 0.439. The van der Waals surface area contributed by atoms with Gasteiger partial charge in [-0.15, -0.1) is 0 Å². The van der Waals surface area contributed by atoms with Gasteiger partial charge in [0.2, 0.25) is 0 Å². The number of hydrogen-bond donors (Lipinski definition) is 2. The number of rotatable bonds is 7. The van der Waals surface area contributed by atoms with E-state index in [4.69, 9.17) is 4.74 Å². The number of aryl methyl sites for hydroxylation is 1. The molecular weight excluding hydrogens is 488 g/mol. The van der Waals surface area contributed by atoms with Gasteiger partial charge >= 0.3 is 6.09 Å². The Morgan fingerprint density at radius 3 is 2.54 bits per heavy atom. The van der Waals surface area contributed by atoms with Gasteiger partial charge in [-0.25, -0.2) is 4.79 Å². The van der Waals surface area contributed by atoms with Gasteiger partial charge in [0.1, 0.15) is 5.60 Å². The second-order valence-electron chi connectivity index (χ2n) is 13.0. The molecule has 0 radical (unpaired) electrons. The number of aromatic amines is 2. The normalized spacial score (nSPS) is 18.4. The van der Waals surface area contributed by atoms with E-state index in [1.54, 1.807) is 0 Å². The van der Waals surface area contributed by atoms with Crippen LogP contribution in [0.5, 0.6) is 0 Å². The highest BCUT2D eigenvalue weighted by atomic mass is 16.6. The summed E-state index contributed by atoms with van der Waals surface area (Å²) in [7, 11) is 0. The molecule has 2 fully saturated rings. The lowest BCUT2D eigenvalue weighted by molar-refractivity contribution is -0.00596. The van der Waals surface area contributed by atoms with Crippen LogP contribution in [0, 0.1) is 12.3 Å². The van der Waals surface area contributed by atoms with Crippen molar-refractivity contribution >= 4 is 12.2 Å². The summed E-state index contributed by atoms with van der Waals surface area (Å²) in [6.07, 6.45) is 10.6. The molecular formula is C32H48N4O3. The van der Waals surface area contributed by atoms with Gasteiger partial charge in [0.05, 0.1) is 0 Å². The van der Waals surface area contributed by atoms with Crippen LogP contribution in [0.3, 0.4) is 0 Å². The zero-order valence-corrected chi connectivity index (χ0v) is 24.9. The molecule has 4 rings (SSSR count). The van der Waals surface area contributed by atoms with Crippen molar-refractivity contribution in [2.45, 2.75) is 91.6 Å². The highest BCUT2D eigenvalue weighted by molar-refractivity contribution is 5.68. The molecule has 2 aromatic rings. The molecule has 0 atom stereocenters. The first-order valence-electron chi connectivity index (χ1n) is 14.7. The largest absolute Gasteiger partial charge is 0.444 e. The van der Waals surface area contributed by atoms with E-state index in [1.165, 1.54) is 29.5 Å². The fourth-order valence-corrected chi connectivity index (χ4v) is 6.15. The minimum Gasteiger partial charge on any atom is -0.444 e. The Morgan fingerprint density at radius 2 is 1.87 bits per heavy atom. The van der Waals surface area contributed by atoms with Crippen molar-refractivity contribution in [2.24, 2.45) is 5.41 Å². The molecule has 1 aromatic carbocycles. The summed E-state index contributed by atoms with van der Waals surface area (Å²) in [5.74, 6) is 0.279. The third-order valence-corrected chi connectivity index (χ3v) is 8.36. The number of piperidine rings is 2. The van der Waals surface area contributed by atoms with E-state index >= 15 is 0 Å². The fourth-order valence-electron chi connectivity index (χ4n) is 6.15. The summed E-state index contributed by atoms with van der Waals surface area (Å²) in [4.78, 5) is 29.3. The average molecular weight is 537 g/mol. The summed E-state index contributed by atoms with van der Waals surface area (Å²) >= 11 is 0. The van der Waals surface area contributed by atoms with Crippen molar-refractivity contribution in [3.05, 3.63) is 62.6 Å². The first-order chi connectivity index (χ1) is 18.4. The van der Waals surface area contributed by atoms with E-state index in [2.05, 4.69) is 66.2 Å². The monoisotopic (exact) mass is 536 g/mol. The topological polar surface area (TPSA) is 81.4 Å². The standard InChI is InChI=1S/C32H48N4O3/c1-23(2)28-27(29(37)34-33-28)21-26-12-11-25(20-24(26)3)10-7-8-16-35-17-9-13-32(22-35)14-18-36(19-15-32)30(38)39-31(4,5)6/h7,10-12,20,23H,8-9,13-19,21-22H2,1-6H3,(H2,33,34,37). The maximum absolute atomic E-state index is 12.5. The lowest BCUT2D eigenvalue weighted by Crippen LogP contribution is -2.51. The summed E-state index contributed by atoms with van der Waals surface area (Å²) in [5, 5.41) is 5.79. The van der Waals surface area contributed by atoms with Crippen LogP contribution in [-0.4, -0.2) is 64.4 Å². The number of aromatic nitrogens is 2. The van der Waals surface area contributed by atoms with Gasteiger partial charge in [-0.1, -0.05) is 44.2 Å². The average Bonchev–Trinajstić information content (AvgIpc) is 3.23. The van der Waals surface area contributed by atoms with E-state index < -0.39 is 5.60 Å². The molecule has 7 nitrogen and oxygen atoms in total. The molecule has 0 aliphatic carbocycles. The van der Waals surface area contributed by atoms with Crippen LogP contribution >= 0.6 is 0 Å². The number of hydrogen-bond acceptors (Lipinski definition) is 4. The van der Waals surface area contributed by atoms with E-state index in [1.807, 2.05) is 25.7 Å². The molecule has 1 aromatic heterocycles. The number of nitrogens with one attached hydrogen (secondary N) is 2. The first-order valence-corrected chi connectivity index (χ1v) is 14.7. The maximum atomic E-state index is 12.5. The number of H-pyrrole nitrogens is 2. The van der Waals surface area contributed by atoms with Crippen LogP contribution in [-0.2, 0) is 11.2 Å². The molecule has 39 heavy (non-hydrogen) atoms. The molecule has 2 N–H and O–H groups in total. The molecule has 2 aliphatic rings. The third kappa shape index (κ3) is 7.65. The molecule has 3 heterocycles. The van der Waals surface area contributed by atoms with Crippen molar-refractivity contribution in [1.29, 1.82) is 0 Å². The Labute approximate surface area is 234 Å². The molecule has 7 heteroatoms. The Balaban J connectivity index is 1.26. The van der Waals surface area contributed by atoms with Crippen LogP contribution in [0.1, 0.15) is 101 Å². The predicted molar refractivity (Wildman–Crippen MR) is 158 cm³/mol. The summed E-state index contributed by atoms with van der Waals surface area (Å²) < 4.78 is 5.58. The molecule has 0 saturated carbocycles. The van der Waals surface area contributed by atoms with Crippen molar-refractivity contribution in [2.75, 3.05) is 32.7 Å². The Morgan fingerprint density at radius 1 is 1.13 bits per heavy atom. The second kappa shape index (κ2) is 12.2. The van der Waals surface area contributed by atoms with Crippen LogP contribution in [0.25, 0.3) is 6.08 Å². The smallest absolute Gasteiger partial charge is 0.410 e. The van der Waals surface area contributed by atoms with Crippen molar-refractivity contribution in [3.63, 3.8) is 0 Å². The lowest BCUT2D eigenvalue weighted by atomic mass is 9.72. The van der Waals surface area contributed by atoms with Crippen molar-refractivity contribution in [1.82, 2.24) is 20.0 Å². The number of nitrogens with zero attached hydrogens (tertiary/aromatic N) is 2. The molecule has 0 unspecified atom stereocenters. The Kier molecular flexibility index (Phi) is 9.10. The maximum Gasteiger partial charge on any atom is 0.410 e. The van der Waals surface area contributed by atoms with E-state index in [9.17, 15) is 9.59 Å². The molecule has 0 bridgehead atoms. The van der Waals surface area contributed by atoms with E-state index in [-0.39, 0.29) is 17.6 Å². The SMILES string of the molecule is Cc1cc(C=CCCN2CCCC3(CCN(C(=O)OC(C)(C)C)CC3)C2)ccc1Cc1c(C(C)C)[nH][nH]c1=O. The number of carbonyl (C=O) groups excluding carboxylic acids is 1. The van der Waals surface area contributed by atoms with E-state index in [0.29, 0.717) is 11.8 Å². The van der Waals surface area contributed by atoms with Gasteiger partial charge in [0, 0.05) is 43.9 Å². The van der Waals surface area contributed by atoms with Gasteiger partial charge in [-0.05, 0) is 94.4 Å². The van der Waals surface area contributed by atoms with Crippen LogP contribution in [0.15, 0.2) is 29.1 Å². The Bertz CT molecular complexity index is 1210. The summed E-state index contributed by atoms with van der Waals surface area (Å²) in [6.45, 7) is 17.1. The zero-order chi connectivity index (χ0) is 28.2. The van der Waals surface area contributed by atoms with Gasteiger partial charge in [0.15, 0.2) is 0 Å². The van der Waals surface area contributed by atoms with Gasteiger partial charge in [0.25, 0.3) is 5.56 Å². The number of likely N-dealkylation sites (tertiary alicyclic amines) is 2. The number of benzene rings is 1. The van der Waals surface area contributed by atoms with Gasteiger partial charge in [-0.2, -0.15) is 0 Å². The minimum absolute atomic E-state index is 0.0184. The Hall–Kier alpha value is -2.80. The van der Waals surface area contributed by atoms with Gasteiger partial charge in [-0.3, -0.25) is 9.89 Å². The molecule has 1 spiro atoms. The molecule has 214 valence electrons. The van der Waals surface area contributed by atoms with Crippen LogP contribution < -0.4 is 5.56 Å². The molecule has 2 saturated heterocycles. The van der Waals surface area contributed by atoms with Crippen LogP contribution in [0.4, 0.5) is 4.79 Å². The summed E-state index contributed by atoms with van der Waals surface area (Å²) in [5.41, 5.74) is 5.32. The predicted octanol–water partition coefficient (Wildman–Crippen LogP) is 6.24. The highest BCUT2D eigenvalue weighted by Crippen LogP contribution is 2.40.